The minimum Gasteiger partial charge on any atom is -0.490 e. The number of benzene rings is 2. The number of nitrogens with one attached hydrogen (secondary N) is 1. The van der Waals surface area contributed by atoms with E-state index in [0.717, 1.165) is 0 Å². The zero-order valence-electron chi connectivity index (χ0n) is 14.9. The Balaban J connectivity index is 1.90. The number of carbonyl (C=O) groups is 2. The van der Waals surface area contributed by atoms with Gasteiger partial charge in [-0.25, -0.2) is 0 Å². The lowest BCUT2D eigenvalue weighted by atomic mass is 10.1. The van der Waals surface area contributed by atoms with Gasteiger partial charge in [-0.1, -0.05) is 29.3 Å². The van der Waals surface area contributed by atoms with Crippen LogP contribution in [0, 0.1) is 0 Å². The topological polar surface area (TPSA) is 64.6 Å². The van der Waals surface area contributed by atoms with Gasteiger partial charge in [0.05, 0.1) is 17.5 Å². The Labute approximate surface area is 180 Å². The molecule has 5 nitrogen and oxygen atoms in total. The Bertz CT molecular complexity index is 955. The Morgan fingerprint density at radius 2 is 1.89 bits per heavy atom. The molecule has 1 N–H and O–H groups in total. The number of hydrogen-bond acceptors (Lipinski definition) is 4. The number of halogens is 3. The molecule has 0 unspecified atom stereocenters. The third-order valence-corrected chi connectivity index (χ3v) is 5.29. The molecule has 146 valence electrons. The van der Waals surface area contributed by atoms with Crippen LogP contribution in [0.25, 0.3) is 6.08 Å². The van der Waals surface area contributed by atoms with Gasteiger partial charge < -0.3 is 9.47 Å². The van der Waals surface area contributed by atoms with Crippen molar-refractivity contribution < 1.29 is 19.1 Å². The lowest BCUT2D eigenvalue weighted by molar-refractivity contribution is -0.124. The molecule has 8 heteroatoms. The Kier molecular flexibility index (Phi) is 6.65. The van der Waals surface area contributed by atoms with Crippen LogP contribution < -0.4 is 14.8 Å². The van der Waals surface area contributed by atoms with Gasteiger partial charge in [-0.05, 0) is 58.8 Å². The van der Waals surface area contributed by atoms with Crippen molar-refractivity contribution in [2.75, 3.05) is 6.61 Å². The maximum Gasteiger partial charge on any atom is 0.254 e. The smallest absolute Gasteiger partial charge is 0.254 e. The molecular formula is C20H16BrCl2NO4. The summed E-state index contributed by atoms with van der Waals surface area (Å²) in [5, 5.41) is 3.29. The van der Waals surface area contributed by atoms with E-state index < -0.39 is 0 Å². The largest absolute Gasteiger partial charge is 0.490 e. The lowest BCUT2D eigenvalue weighted by Gasteiger charge is -2.16. The zero-order chi connectivity index (χ0) is 20.3. The van der Waals surface area contributed by atoms with Gasteiger partial charge in [-0.3, -0.25) is 14.9 Å². The van der Waals surface area contributed by atoms with Crippen LogP contribution in [0.1, 0.15) is 24.5 Å². The minimum absolute atomic E-state index is 0.0592. The van der Waals surface area contributed by atoms with Gasteiger partial charge in [0.2, 0.25) is 5.91 Å². The molecule has 28 heavy (non-hydrogen) atoms. The third-order valence-electron chi connectivity index (χ3n) is 3.99. The standard InChI is InChI=1S/C20H16BrCl2NO4/c1-2-27-17-8-11(6-12-9-18(25)24-20(12)26)7-14(21)19(17)28-10-13-15(22)4-3-5-16(13)23/h3-8H,2,9-10H2,1H3,(H,24,25,26)/b12-6+. The van der Waals surface area contributed by atoms with E-state index in [4.69, 9.17) is 32.7 Å². The Morgan fingerprint density at radius 3 is 2.50 bits per heavy atom. The highest BCUT2D eigenvalue weighted by molar-refractivity contribution is 9.10. The Hall–Kier alpha value is -2.02. The van der Waals surface area contributed by atoms with Crippen LogP contribution in [0.3, 0.4) is 0 Å². The van der Waals surface area contributed by atoms with Crippen molar-refractivity contribution in [3.63, 3.8) is 0 Å². The quantitative estimate of drug-likeness (QED) is 0.454. The van der Waals surface area contributed by atoms with Crippen LogP contribution in [0.4, 0.5) is 0 Å². The molecule has 2 amide bonds. The first-order valence-electron chi connectivity index (χ1n) is 8.45. The van der Waals surface area contributed by atoms with Gasteiger partial charge in [0, 0.05) is 21.2 Å². The second-order valence-corrected chi connectivity index (χ2v) is 7.64. The molecule has 1 heterocycles. The van der Waals surface area contributed by atoms with E-state index in [0.29, 0.717) is 49.3 Å². The molecule has 0 atom stereocenters. The molecule has 0 radical (unpaired) electrons. The van der Waals surface area contributed by atoms with Crippen molar-refractivity contribution in [2.24, 2.45) is 0 Å². The van der Waals surface area contributed by atoms with E-state index in [1.165, 1.54) is 0 Å². The molecule has 1 aliphatic rings. The third kappa shape index (κ3) is 4.69. The molecule has 0 aliphatic carbocycles. The first-order valence-corrected chi connectivity index (χ1v) is 10.0. The zero-order valence-corrected chi connectivity index (χ0v) is 18.0. The molecule has 0 saturated carbocycles. The van der Waals surface area contributed by atoms with Crippen LogP contribution in [-0.2, 0) is 16.2 Å². The fourth-order valence-electron chi connectivity index (χ4n) is 2.71. The van der Waals surface area contributed by atoms with E-state index in [9.17, 15) is 9.59 Å². The van der Waals surface area contributed by atoms with Gasteiger partial charge in [-0.2, -0.15) is 0 Å². The number of carbonyl (C=O) groups excluding carboxylic acids is 2. The van der Waals surface area contributed by atoms with E-state index in [-0.39, 0.29) is 24.8 Å². The molecule has 0 spiro atoms. The fourth-order valence-corrected chi connectivity index (χ4v) is 3.79. The molecule has 1 fully saturated rings. The van der Waals surface area contributed by atoms with E-state index in [1.807, 2.05) is 6.92 Å². The van der Waals surface area contributed by atoms with Crippen molar-refractivity contribution in [3.05, 3.63) is 61.5 Å². The molecule has 3 rings (SSSR count). The molecular weight excluding hydrogens is 469 g/mol. The molecule has 0 bridgehead atoms. The first kappa shape index (κ1) is 20.7. The maximum absolute atomic E-state index is 11.8. The molecule has 2 aromatic carbocycles. The summed E-state index contributed by atoms with van der Waals surface area (Å²) in [4.78, 5) is 23.2. The predicted molar refractivity (Wildman–Crippen MR) is 112 cm³/mol. The second kappa shape index (κ2) is 8.99. The van der Waals surface area contributed by atoms with Crippen molar-refractivity contribution in [2.45, 2.75) is 20.0 Å². The maximum atomic E-state index is 11.8. The number of rotatable bonds is 6. The van der Waals surface area contributed by atoms with E-state index in [1.54, 1.807) is 36.4 Å². The van der Waals surface area contributed by atoms with Crippen LogP contribution in [0.5, 0.6) is 11.5 Å². The summed E-state index contributed by atoms with van der Waals surface area (Å²) in [5.41, 5.74) is 1.78. The van der Waals surface area contributed by atoms with Crippen molar-refractivity contribution in [3.8, 4) is 11.5 Å². The monoisotopic (exact) mass is 483 g/mol. The molecule has 2 aromatic rings. The fraction of sp³-hybridized carbons (Fsp3) is 0.200. The highest BCUT2D eigenvalue weighted by Crippen LogP contribution is 2.39. The summed E-state index contributed by atoms with van der Waals surface area (Å²) in [6.45, 7) is 2.44. The average molecular weight is 485 g/mol. The summed E-state index contributed by atoms with van der Waals surface area (Å²) in [7, 11) is 0. The van der Waals surface area contributed by atoms with Crippen molar-refractivity contribution in [1.82, 2.24) is 5.32 Å². The average Bonchev–Trinajstić information content (AvgIpc) is 2.93. The summed E-state index contributed by atoms with van der Waals surface area (Å²) in [6.07, 6.45) is 1.71. The SMILES string of the molecule is CCOc1cc(/C=C2\CC(=O)NC2=O)cc(Br)c1OCc1c(Cl)cccc1Cl. The summed E-state index contributed by atoms with van der Waals surface area (Å²) >= 11 is 15.9. The predicted octanol–water partition coefficient (Wildman–Crippen LogP) is 5.16. The number of hydrogen-bond donors (Lipinski definition) is 1. The van der Waals surface area contributed by atoms with Crippen LogP contribution in [0.15, 0.2) is 40.4 Å². The van der Waals surface area contributed by atoms with Gasteiger partial charge in [0.1, 0.15) is 6.61 Å². The number of ether oxygens (including phenoxy) is 2. The molecule has 1 saturated heterocycles. The lowest BCUT2D eigenvalue weighted by Crippen LogP contribution is -2.19. The highest BCUT2D eigenvalue weighted by atomic mass is 79.9. The highest BCUT2D eigenvalue weighted by Gasteiger charge is 2.24. The van der Waals surface area contributed by atoms with Gasteiger partial charge in [-0.15, -0.1) is 0 Å². The Morgan fingerprint density at radius 1 is 1.18 bits per heavy atom. The normalized spacial score (nSPS) is 15.1. The van der Waals surface area contributed by atoms with E-state index >= 15 is 0 Å². The minimum atomic E-state index is -0.382. The van der Waals surface area contributed by atoms with Crippen LogP contribution in [-0.4, -0.2) is 18.4 Å². The van der Waals surface area contributed by atoms with Crippen molar-refractivity contribution in [1.29, 1.82) is 0 Å². The van der Waals surface area contributed by atoms with E-state index in [2.05, 4.69) is 21.2 Å². The van der Waals surface area contributed by atoms with Crippen LogP contribution >= 0.6 is 39.1 Å². The summed E-state index contributed by atoms with van der Waals surface area (Å²) in [6, 6.07) is 8.79. The second-order valence-electron chi connectivity index (χ2n) is 5.98. The van der Waals surface area contributed by atoms with Crippen molar-refractivity contribution >= 4 is 57.0 Å². The first-order chi connectivity index (χ1) is 13.4. The number of amides is 2. The van der Waals surface area contributed by atoms with Crippen LogP contribution in [0.2, 0.25) is 10.0 Å². The number of imide groups is 1. The summed E-state index contributed by atoms with van der Waals surface area (Å²) in [5.74, 6) is 0.299. The summed E-state index contributed by atoms with van der Waals surface area (Å²) < 4.78 is 12.3. The van der Waals surface area contributed by atoms with Gasteiger partial charge in [0.15, 0.2) is 11.5 Å². The molecule has 0 aromatic heterocycles. The van der Waals surface area contributed by atoms with Gasteiger partial charge in [0.25, 0.3) is 5.91 Å². The molecule has 1 aliphatic heterocycles. The van der Waals surface area contributed by atoms with Gasteiger partial charge >= 0.3 is 0 Å².